The Morgan fingerprint density at radius 1 is 0.971 bits per heavy atom. The maximum atomic E-state index is 14.6. The molecule has 0 aliphatic heterocycles. The van der Waals surface area contributed by atoms with Crippen LogP contribution in [0.2, 0.25) is 0 Å². The fourth-order valence-corrected chi connectivity index (χ4v) is 4.66. The molecule has 0 bridgehead atoms. The van der Waals surface area contributed by atoms with Crippen molar-refractivity contribution in [3.8, 4) is 29.2 Å². The van der Waals surface area contributed by atoms with E-state index in [0.717, 1.165) is 44.6 Å². The zero-order chi connectivity index (χ0) is 24.3. The summed E-state index contributed by atoms with van der Waals surface area (Å²) in [6, 6.07) is 20.8. The van der Waals surface area contributed by atoms with E-state index in [0.29, 0.717) is 11.3 Å². The number of terminal acetylenes is 1. The lowest BCUT2D eigenvalue weighted by Gasteiger charge is -2.18. The second kappa shape index (κ2) is 7.51. The molecule has 3 aromatic carbocycles. The van der Waals surface area contributed by atoms with Crippen molar-refractivity contribution in [1.82, 2.24) is 24.1 Å². The number of pyridine rings is 1. The number of aromatic nitrogens is 5. The van der Waals surface area contributed by atoms with Crippen LogP contribution in [-0.2, 0) is 5.41 Å². The molecule has 0 amide bonds. The zero-order valence-electron chi connectivity index (χ0n) is 19.6. The number of rotatable bonds is 3. The van der Waals surface area contributed by atoms with Gasteiger partial charge in [-0.05, 0) is 62.2 Å². The highest BCUT2D eigenvalue weighted by Gasteiger charge is 2.21. The molecular formula is C29H22FN5. The van der Waals surface area contributed by atoms with Crippen LogP contribution in [0.1, 0.15) is 25.2 Å². The van der Waals surface area contributed by atoms with Crippen molar-refractivity contribution in [1.29, 1.82) is 0 Å². The second-order valence-electron chi connectivity index (χ2n) is 9.24. The first-order valence-corrected chi connectivity index (χ1v) is 11.4. The first-order chi connectivity index (χ1) is 16.9. The molecule has 0 aliphatic rings. The van der Waals surface area contributed by atoms with Crippen LogP contribution < -0.4 is 0 Å². The van der Waals surface area contributed by atoms with Gasteiger partial charge in [-0.3, -0.25) is 14.0 Å². The molecule has 0 radical (unpaired) electrons. The van der Waals surface area contributed by atoms with Gasteiger partial charge in [0, 0.05) is 16.6 Å². The molecule has 3 heterocycles. The minimum absolute atomic E-state index is 0.260. The molecule has 0 N–H and O–H groups in total. The van der Waals surface area contributed by atoms with Crippen LogP contribution in [0.3, 0.4) is 0 Å². The summed E-state index contributed by atoms with van der Waals surface area (Å²) in [7, 11) is 0. The molecule has 0 fully saturated rings. The van der Waals surface area contributed by atoms with Crippen LogP contribution in [0.5, 0.6) is 0 Å². The van der Waals surface area contributed by atoms with Crippen molar-refractivity contribution >= 4 is 27.7 Å². The highest BCUT2D eigenvalue weighted by atomic mass is 19.1. The number of hydrogen-bond donors (Lipinski definition) is 0. The summed E-state index contributed by atoms with van der Waals surface area (Å²) < 4.78 is 18.7. The molecule has 35 heavy (non-hydrogen) atoms. The molecule has 0 saturated carbocycles. The summed E-state index contributed by atoms with van der Waals surface area (Å²) in [6.07, 6.45) is 7.59. The van der Waals surface area contributed by atoms with Crippen molar-refractivity contribution in [2.24, 2.45) is 0 Å². The topological polar surface area (TPSA) is 48.0 Å². The number of aryl methyl sites for hydroxylation is 1. The van der Waals surface area contributed by atoms with Gasteiger partial charge in [0.25, 0.3) is 0 Å². The Bertz CT molecular complexity index is 1800. The maximum Gasteiger partial charge on any atom is 0.241 e. The van der Waals surface area contributed by atoms with Crippen LogP contribution in [0.15, 0.2) is 72.9 Å². The van der Waals surface area contributed by atoms with E-state index in [1.165, 1.54) is 6.07 Å². The highest BCUT2D eigenvalue weighted by Crippen LogP contribution is 2.34. The molecule has 3 aromatic heterocycles. The van der Waals surface area contributed by atoms with Gasteiger partial charge in [0.05, 0.1) is 28.2 Å². The van der Waals surface area contributed by atoms with Crippen molar-refractivity contribution in [3.63, 3.8) is 0 Å². The summed E-state index contributed by atoms with van der Waals surface area (Å²) >= 11 is 0. The van der Waals surface area contributed by atoms with Crippen molar-refractivity contribution in [2.45, 2.75) is 26.2 Å². The van der Waals surface area contributed by atoms with E-state index < -0.39 is 0 Å². The number of imidazole rings is 1. The number of benzene rings is 3. The predicted octanol–water partition coefficient (Wildman–Crippen LogP) is 6.25. The summed E-state index contributed by atoms with van der Waals surface area (Å²) in [5, 5.41) is 9.69. The molecule has 6 rings (SSSR count). The summed E-state index contributed by atoms with van der Waals surface area (Å²) in [6.45, 7) is 5.97. The monoisotopic (exact) mass is 459 g/mol. The molecular weight excluding hydrogens is 437 g/mol. The van der Waals surface area contributed by atoms with Crippen molar-refractivity contribution in [3.05, 3.63) is 90.1 Å². The molecule has 0 atom stereocenters. The maximum absolute atomic E-state index is 14.6. The van der Waals surface area contributed by atoms with Gasteiger partial charge in [-0.15, -0.1) is 16.6 Å². The standard InChI is InChI=1S/C29H22FN5/c1-5-29(3,4)20-11-13-21(14-12-20)35-27-23-16-19(22-8-6-7-9-24(22)30)10-15-25(23)31-17-26(27)34-18(2)32-33-28(34)35/h1,6-17H,2-4H3. The van der Waals surface area contributed by atoms with Gasteiger partial charge in [0.2, 0.25) is 5.78 Å². The van der Waals surface area contributed by atoms with Crippen LogP contribution in [0, 0.1) is 25.1 Å². The van der Waals surface area contributed by atoms with Crippen LogP contribution >= 0.6 is 0 Å². The lowest BCUT2D eigenvalue weighted by atomic mass is 9.86. The van der Waals surface area contributed by atoms with E-state index >= 15 is 0 Å². The van der Waals surface area contributed by atoms with E-state index in [-0.39, 0.29) is 11.2 Å². The van der Waals surface area contributed by atoms with Crippen LogP contribution in [0.25, 0.3) is 44.5 Å². The third kappa shape index (κ3) is 3.12. The lowest BCUT2D eigenvalue weighted by molar-refractivity contribution is 0.631. The molecule has 0 aliphatic carbocycles. The minimum atomic E-state index is -0.372. The van der Waals surface area contributed by atoms with E-state index in [1.54, 1.807) is 12.1 Å². The average Bonchev–Trinajstić information content (AvgIpc) is 3.42. The molecule has 0 saturated heterocycles. The van der Waals surface area contributed by atoms with Gasteiger partial charge in [0.1, 0.15) is 11.6 Å². The molecule has 6 aromatic rings. The number of nitrogens with zero attached hydrogens (tertiary/aromatic N) is 5. The Labute approximate surface area is 201 Å². The molecule has 0 spiro atoms. The fraction of sp³-hybridized carbons (Fsp3) is 0.138. The summed E-state index contributed by atoms with van der Waals surface area (Å²) in [5.41, 5.74) is 5.59. The molecule has 0 unspecified atom stereocenters. The largest absolute Gasteiger partial charge is 0.276 e. The second-order valence-corrected chi connectivity index (χ2v) is 9.24. The first kappa shape index (κ1) is 21.1. The summed E-state index contributed by atoms with van der Waals surface area (Å²) in [5.74, 6) is 4.04. The Morgan fingerprint density at radius 3 is 2.49 bits per heavy atom. The quantitative estimate of drug-likeness (QED) is 0.294. The van der Waals surface area contributed by atoms with E-state index in [4.69, 9.17) is 11.4 Å². The average molecular weight is 460 g/mol. The summed E-state index contributed by atoms with van der Waals surface area (Å²) in [4.78, 5) is 4.70. The molecule has 6 heteroatoms. The predicted molar refractivity (Wildman–Crippen MR) is 137 cm³/mol. The van der Waals surface area contributed by atoms with E-state index in [9.17, 15) is 4.39 Å². The van der Waals surface area contributed by atoms with Gasteiger partial charge in [0.15, 0.2) is 0 Å². The Hall–Kier alpha value is -4.50. The zero-order valence-corrected chi connectivity index (χ0v) is 19.6. The third-order valence-corrected chi connectivity index (χ3v) is 6.69. The van der Waals surface area contributed by atoms with Crippen LogP contribution in [-0.4, -0.2) is 24.1 Å². The van der Waals surface area contributed by atoms with Crippen LogP contribution in [0.4, 0.5) is 4.39 Å². The normalized spacial score (nSPS) is 12.0. The molecule has 5 nitrogen and oxygen atoms in total. The number of fused-ring (bicyclic) bond motifs is 5. The van der Waals surface area contributed by atoms with Gasteiger partial charge >= 0.3 is 0 Å². The Balaban J connectivity index is 1.69. The smallest absolute Gasteiger partial charge is 0.241 e. The van der Waals surface area contributed by atoms with Gasteiger partial charge < -0.3 is 0 Å². The SMILES string of the molecule is C#CC(C)(C)c1ccc(-n2c3c4cc(-c5ccccc5F)ccc4ncc3n3c(C)nnc23)cc1. The first-order valence-electron chi connectivity index (χ1n) is 11.4. The Morgan fingerprint density at radius 2 is 1.74 bits per heavy atom. The minimum Gasteiger partial charge on any atom is -0.276 e. The van der Waals surface area contributed by atoms with Crippen molar-refractivity contribution < 1.29 is 4.39 Å². The number of halogens is 1. The molecule has 170 valence electrons. The van der Waals surface area contributed by atoms with Gasteiger partial charge in [-0.25, -0.2) is 4.39 Å². The number of hydrogen-bond acceptors (Lipinski definition) is 3. The lowest BCUT2D eigenvalue weighted by Crippen LogP contribution is -2.13. The van der Waals surface area contributed by atoms with Gasteiger partial charge in [-0.1, -0.05) is 42.3 Å². The van der Waals surface area contributed by atoms with E-state index in [2.05, 4.69) is 32.8 Å². The fourth-order valence-electron chi connectivity index (χ4n) is 4.66. The van der Waals surface area contributed by atoms with E-state index in [1.807, 2.05) is 67.8 Å². The highest BCUT2D eigenvalue weighted by molar-refractivity contribution is 6.06. The van der Waals surface area contributed by atoms with Crippen molar-refractivity contribution in [2.75, 3.05) is 0 Å². The van der Waals surface area contributed by atoms with Gasteiger partial charge in [-0.2, -0.15) is 0 Å². The Kier molecular flexibility index (Phi) is 4.52. The third-order valence-electron chi connectivity index (χ3n) is 6.69.